The van der Waals surface area contributed by atoms with Gasteiger partial charge in [0.25, 0.3) is 0 Å². The first-order chi connectivity index (χ1) is 8.46. The van der Waals surface area contributed by atoms with E-state index < -0.39 is 0 Å². The Morgan fingerprint density at radius 1 is 1.39 bits per heavy atom. The lowest BCUT2D eigenvalue weighted by Gasteiger charge is -2.33. The molecule has 1 aliphatic rings. The molecule has 0 N–H and O–H groups in total. The Kier molecular flexibility index (Phi) is 4.21. The first-order valence-electron chi connectivity index (χ1n) is 6.59. The molecular formula is C15H20BrNO. The van der Waals surface area contributed by atoms with Crippen molar-refractivity contribution in [1.82, 2.24) is 4.98 Å². The van der Waals surface area contributed by atoms with Crippen molar-refractivity contribution in [2.24, 2.45) is 11.3 Å². The molecule has 1 aromatic heterocycles. The average Bonchev–Trinajstić information content (AvgIpc) is 2.32. The Hall–Kier alpha value is -0.700. The Bertz CT molecular complexity index is 415. The lowest BCUT2D eigenvalue weighted by molar-refractivity contribution is -0.123. The Morgan fingerprint density at radius 3 is 2.61 bits per heavy atom. The largest absolute Gasteiger partial charge is 0.299 e. The highest BCUT2D eigenvalue weighted by Gasteiger charge is 2.30. The van der Waals surface area contributed by atoms with E-state index in [-0.39, 0.29) is 5.92 Å². The molecular weight excluding hydrogens is 290 g/mol. The van der Waals surface area contributed by atoms with E-state index in [1.807, 2.05) is 12.1 Å². The van der Waals surface area contributed by atoms with Crippen molar-refractivity contribution in [2.45, 2.75) is 46.0 Å². The lowest BCUT2D eigenvalue weighted by atomic mass is 9.71. The number of rotatable bonds is 3. The number of halogens is 1. The molecule has 1 saturated carbocycles. The summed E-state index contributed by atoms with van der Waals surface area (Å²) in [7, 11) is 0. The van der Waals surface area contributed by atoms with Crippen molar-refractivity contribution >= 4 is 21.7 Å². The van der Waals surface area contributed by atoms with Crippen LogP contribution in [0.1, 0.15) is 45.2 Å². The van der Waals surface area contributed by atoms with Crippen LogP contribution in [0.15, 0.2) is 22.8 Å². The molecule has 0 spiro atoms. The zero-order valence-corrected chi connectivity index (χ0v) is 12.7. The summed E-state index contributed by atoms with van der Waals surface area (Å²) >= 11 is 3.35. The van der Waals surface area contributed by atoms with Gasteiger partial charge in [-0.25, -0.2) is 0 Å². The number of Topliss-reactive ketones (excluding diaryl/α,β-unsaturated/α-hetero) is 1. The van der Waals surface area contributed by atoms with E-state index in [1.54, 1.807) is 6.20 Å². The second-order valence-corrected chi connectivity index (χ2v) is 6.97. The van der Waals surface area contributed by atoms with Crippen molar-refractivity contribution < 1.29 is 4.79 Å². The number of hydrogen-bond acceptors (Lipinski definition) is 2. The van der Waals surface area contributed by atoms with Crippen LogP contribution in [0, 0.1) is 11.3 Å². The topological polar surface area (TPSA) is 30.0 Å². The van der Waals surface area contributed by atoms with Gasteiger partial charge in [0.2, 0.25) is 0 Å². The zero-order valence-electron chi connectivity index (χ0n) is 11.1. The number of ketones is 1. The van der Waals surface area contributed by atoms with Crippen molar-refractivity contribution in [3.63, 3.8) is 0 Å². The van der Waals surface area contributed by atoms with E-state index in [4.69, 9.17) is 0 Å². The normalized spacial score (nSPS) is 19.7. The van der Waals surface area contributed by atoms with Gasteiger partial charge in [0.1, 0.15) is 5.78 Å². The van der Waals surface area contributed by atoms with Crippen LogP contribution >= 0.6 is 15.9 Å². The van der Waals surface area contributed by atoms with Gasteiger partial charge in [-0.2, -0.15) is 0 Å². The minimum Gasteiger partial charge on any atom is -0.299 e. The number of hydrogen-bond donors (Lipinski definition) is 0. The van der Waals surface area contributed by atoms with Gasteiger partial charge >= 0.3 is 0 Å². The van der Waals surface area contributed by atoms with Gasteiger partial charge in [-0.1, -0.05) is 13.8 Å². The van der Waals surface area contributed by atoms with E-state index in [0.29, 0.717) is 17.6 Å². The number of aromatic nitrogens is 1. The highest BCUT2D eigenvalue weighted by molar-refractivity contribution is 9.10. The first-order valence-corrected chi connectivity index (χ1v) is 7.39. The summed E-state index contributed by atoms with van der Waals surface area (Å²) in [6.45, 7) is 4.59. The van der Waals surface area contributed by atoms with Crippen molar-refractivity contribution in [1.29, 1.82) is 0 Å². The highest BCUT2D eigenvalue weighted by Crippen LogP contribution is 2.38. The molecule has 2 rings (SSSR count). The molecule has 3 heteroatoms. The van der Waals surface area contributed by atoms with Crippen LogP contribution in [-0.4, -0.2) is 10.8 Å². The molecule has 0 bridgehead atoms. The van der Waals surface area contributed by atoms with Crippen LogP contribution in [0.5, 0.6) is 0 Å². The molecule has 1 fully saturated rings. The molecule has 0 aromatic carbocycles. The maximum Gasteiger partial charge on any atom is 0.141 e. The highest BCUT2D eigenvalue weighted by atomic mass is 79.9. The van der Waals surface area contributed by atoms with Gasteiger partial charge in [0.05, 0.1) is 0 Å². The smallest absolute Gasteiger partial charge is 0.141 e. The number of carbonyl (C=O) groups excluding carboxylic acids is 1. The van der Waals surface area contributed by atoms with Gasteiger partial charge in [-0.3, -0.25) is 9.78 Å². The summed E-state index contributed by atoms with van der Waals surface area (Å²) in [5, 5.41) is 0. The van der Waals surface area contributed by atoms with Crippen LogP contribution in [0.4, 0.5) is 0 Å². The third-order valence-electron chi connectivity index (χ3n) is 3.94. The van der Waals surface area contributed by atoms with E-state index in [1.165, 1.54) is 0 Å². The standard InChI is InChI=1S/C15H20BrNO/c1-15(2)7-5-11(6-8-15)14(18)9-13-4-3-12(16)10-17-13/h3-4,10-11H,5-9H2,1-2H3. The van der Waals surface area contributed by atoms with Gasteiger partial charge in [0.15, 0.2) is 0 Å². The number of nitrogens with zero attached hydrogens (tertiary/aromatic N) is 1. The molecule has 0 amide bonds. The summed E-state index contributed by atoms with van der Waals surface area (Å²) < 4.78 is 0.957. The summed E-state index contributed by atoms with van der Waals surface area (Å²) in [5.74, 6) is 0.615. The third kappa shape index (κ3) is 3.64. The summed E-state index contributed by atoms with van der Waals surface area (Å²) in [5.41, 5.74) is 1.31. The van der Waals surface area contributed by atoms with Crippen LogP contribution in [0.25, 0.3) is 0 Å². The lowest BCUT2D eigenvalue weighted by Crippen LogP contribution is -2.27. The Labute approximate surface area is 117 Å². The fourth-order valence-corrected chi connectivity index (χ4v) is 2.79. The molecule has 1 heterocycles. The second-order valence-electron chi connectivity index (χ2n) is 6.05. The monoisotopic (exact) mass is 309 g/mol. The summed E-state index contributed by atoms with van der Waals surface area (Å²) in [6, 6.07) is 3.87. The second kappa shape index (κ2) is 5.52. The van der Waals surface area contributed by atoms with Gasteiger partial charge in [0, 0.05) is 28.7 Å². The predicted molar refractivity (Wildman–Crippen MR) is 76.4 cm³/mol. The third-order valence-corrected chi connectivity index (χ3v) is 4.41. The Morgan fingerprint density at radius 2 is 2.06 bits per heavy atom. The fourth-order valence-electron chi connectivity index (χ4n) is 2.56. The van der Waals surface area contributed by atoms with Crippen molar-refractivity contribution in [3.05, 3.63) is 28.5 Å². The van der Waals surface area contributed by atoms with Gasteiger partial charge in [-0.05, 0) is 59.2 Å². The number of carbonyl (C=O) groups is 1. The SMILES string of the molecule is CC1(C)CCC(C(=O)Cc2ccc(Br)cn2)CC1. The van der Waals surface area contributed by atoms with Crippen LogP contribution in [0.3, 0.4) is 0 Å². The van der Waals surface area contributed by atoms with E-state index in [0.717, 1.165) is 35.8 Å². The minimum atomic E-state index is 0.253. The van der Waals surface area contributed by atoms with Crippen LogP contribution < -0.4 is 0 Å². The average molecular weight is 310 g/mol. The van der Waals surface area contributed by atoms with Crippen molar-refractivity contribution in [3.8, 4) is 0 Å². The number of pyridine rings is 1. The minimum absolute atomic E-state index is 0.253. The maximum absolute atomic E-state index is 12.2. The molecule has 1 aromatic rings. The maximum atomic E-state index is 12.2. The van der Waals surface area contributed by atoms with E-state index in [2.05, 4.69) is 34.8 Å². The summed E-state index contributed by atoms with van der Waals surface area (Å²) in [6.07, 6.45) is 6.66. The molecule has 0 atom stereocenters. The van der Waals surface area contributed by atoms with E-state index >= 15 is 0 Å². The van der Waals surface area contributed by atoms with Crippen molar-refractivity contribution in [2.75, 3.05) is 0 Å². The molecule has 2 nitrogen and oxygen atoms in total. The zero-order chi connectivity index (χ0) is 13.2. The predicted octanol–water partition coefficient (Wildman–Crippen LogP) is 4.17. The fraction of sp³-hybridized carbons (Fsp3) is 0.600. The van der Waals surface area contributed by atoms with Gasteiger partial charge in [-0.15, -0.1) is 0 Å². The molecule has 0 unspecified atom stereocenters. The molecule has 0 saturated heterocycles. The van der Waals surface area contributed by atoms with Crippen LogP contribution in [-0.2, 0) is 11.2 Å². The molecule has 0 radical (unpaired) electrons. The first kappa shape index (κ1) is 13.7. The van der Waals surface area contributed by atoms with Crippen LogP contribution in [0.2, 0.25) is 0 Å². The molecule has 0 aliphatic heterocycles. The van der Waals surface area contributed by atoms with E-state index in [9.17, 15) is 4.79 Å². The molecule has 18 heavy (non-hydrogen) atoms. The quantitative estimate of drug-likeness (QED) is 0.838. The molecule has 98 valence electrons. The van der Waals surface area contributed by atoms with Gasteiger partial charge < -0.3 is 0 Å². The summed E-state index contributed by atoms with van der Waals surface area (Å²) in [4.78, 5) is 16.5. The molecule has 1 aliphatic carbocycles. The Balaban J connectivity index is 1.91.